The molecule has 0 aliphatic carbocycles. The van der Waals surface area contributed by atoms with Gasteiger partial charge in [-0.25, -0.2) is 4.39 Å². The SMILES string of the molecule is COc1ccc(-c2sc3c(c2C)c(=O)c(C(C)O)cn3Cc2ccccc2F)cc1. The molecular weight excluding hydrogens is 401 g/mol. The fourth-order valence-corrected chi connectivity index (χ4v) is 4.93. The molecule has 154 valence electrons. The zero-order chi connectivity index (χ0) is 21.4. The molecule has 0 aliphatic heterocycles. The number of ether oxygens (including phenoxy) is 1. The van der Waals surface area contributed by atoms with Crippen LogP contribution in [0.15, 0.2) is 59.5 Å². The number of aliphatic hydroxyl groups excluding tert-OH is 1. The molecule has 4 nitrogen and oxygen atoms in total. The minimum Gasteiger partial charge on any atom is -0.497 e. The number of thiophene rings is 1. The summed E-state index contributed by atoms with van der Waals surface area (Å²) in [4.78, 5) is 14.9. The third kappa shape index (κ3) is 3.53. The molecule has 0 spiro atoms. The van der Waals surface area contributed by atoms with E-state index < -0.39 is 6.10 Å². The van der Waals surface area contributed by atoms with Crippen molar-refractivity contribution in [2.45, 2.75) is 26.5 Å². The van der Waals surface area contributed by atoms with E-state index in [1.165, 1.54) is 17.4 Å². The van der Waals surface area contributed by atoms with E-state index in [9.17, 15) is 14.3 Å². The van der Waals surface area contributed by atoms with Crippen LogP contribution in [0.3, 0.4) is 0 Å². The fraction of sp³-hybridized carbons (Fsp3) is 0.208. The summed E-state index contributed by atoms with van der Waals surface area (Å²) in [6, 6.07) is 14.3. The molecule has 0 saturated heterocycles. The van der Waals surface area contributed by atoms with E-state index in [1.807, 2.05) is 35.8 Å². The predicted octanol–water partition coefficient (Wildman–Crippen LogP) is 5.29. The number of rotatable bonds is 5. The third-order valence-electron chi connectivity index (χ3n) is 5.27. The van der Waals surface area contributed by atoms with Crippen LogP contribution in [0.2, 0.25) is 0 Å². The number of nitrogens with zero attached hydrogens (tertiary/aromatic N) is 1. The average molecular weight is 424 g/mol. The number of aryl methyl sites for hydroxylation is 1. The zero-order valence-corrected chi connectivity index (χ0v) is 17.8. The lowest BCUT2D eigenvalue weighted by Gasteiger charge is -2.13. The number of hydrogen-bond acceptors (Lipinski definition) is 4. The molecule has 2 heterocycles. The first-order chi connectivity index (χ1) is 14.4. The van der Waals surface area contributed by atoms with Crippen molar-refractivity contribution >= 4 is 21.6 Å². The zero-order valence-electron chi connectivity index (χ0n) is 17.0. The van der Waals surface area contributed by atoms with Crippen molar-refractivity contribution in [1.82, 2.24) is 4.57 Å². The van der Waals surface area contributed by atoms with Gasteiger partial charge < -0.3 is 14.4 Å². The first kappa shape index (κ1) is 20.3. The lowest BCUT2D eigenvalue weighted by Crippen LogP contribution is -2.17. The topological polar surface area (TPSA) is 51.5 Å². The highest BCUT2D eigenvalue weighted by atomic mass is 32.1. The van der Waals surface area contributed by atoms with Gasteiger partial charge in [-0.1, -0.05) is 18.2 Å². The van der Waals surface area contributed by atoms with Gasteiger partial charge in [-0.15, -0.1) is 11.3 Å². The summed E-state index contributed by atoms with van der Waals surface area (Å²) in [5.41, 5.74) is 2.48. The second kappa shape index (κ2) is 8.05. The Labute approximate surface area is 177 Å². The van der Waals surface area contributed by atoms with Crippen LogP contribution in [0.5, 0.6) is 5.75 Å². The molecule has 30 heavy (non-hydrogen) atoms. The first-order valence-electron chi connectivity index (χ1n) is 9.63. The van der Waals surface area contributed by atoms with Crippen LogP contribution < -0.4 is 10.2 Å². The summed E-state index contributed by atoms with van der Waals surface area (Å²) >= 11 is 1.49. The summed E-state index contributed by atoms with van der Waals surface area (Å²) in [6.07, 6.45) is 0.729. The van der Waals surface area contributed by atoms with Gasteiger partial charge in [0.1, 0.15) is 16.4 Å². The summed E-state index contributed by atoms with van der Waals surface area (Å²) in [7, 11) is 1.62. The third-order valence-corrected chi connectivity index (χ3v) is 6.65. The maximum absolute atomic E-state index is 14.3. The Kier molecular flexibility index (Phi) is 5.45. The fourth-order valence-electron chi connectivity index (χ4n) is 3.64. The standard InChI is InChI=1S/C24H22FNO3S/c1-14-21-22(28)19(15(2)27)13-26(12-17-6-4-5-7-20(17)25)24(21)30-23(14)16-8-10-18(29-3)11-9-16/h4-11,13,15,27H,12H2,1-3H3. The van der Waals surface area contributed by atoms with E-state index >= 15 is 0 Å². The molecule has 1 atom stereocenters. The maximum atomic E-state index is 14.3. The number of methoxy groups -OCH3 is 1. The molecule has 4 aromatic rings. The molecule has 1 unspecified atom stereocenters. The Morgan fingerprint density at radius 1 is 1.17 bits per heavy atom. The quantitative estimate of drug-likeness (QED) is 0.475. The van der Waals surface area contributed by atoms with Crippen molar-refractivity contribution in [3.63, 3.8) is 0 Å². The van der Waals surface area contributed by atoms with Crippen LogP contribution in [0.1, 0.15) is 29.7 Å². The van der Waals surface area contributed by atoms with Crippen LogP contribution in [0.25, 0.3) is 20.7 Å². The Balaban J connectivity index is 1.95. The van der Waals surface area contributed by atoms with Crippen LogP contribution in [-0.2, 0) is 6.54 Å². The molecular formula is C24H22FNO3S. The van der Waals surface area contributed by atoms with Crippen LogP contribution in [0.4, 0.5) is 4.39 Å². The van der Waals surface area contributed by atoms with Crippen LogP contribution >= 0.6 is 11.3 Å². The molecule has 0 radical (unpaired) electrons. The Bertz CT molecular complexity index is 1270. The number of pyridine rings is 1. The van der Waals surface area contributed by atoms with Gasteiger partial charge >= 0.3 is 0 Å². The molecule has 2 aromatic carbocycles. The van der Waals surface area contributed by atoms with E-state index in [1.54, 1.807) is 38.4 Å². The number of fused-ring (bicyclic) bond motifs is 1. The largest absolute Gasteiger partial charge is 0.497 e. The van der Waals surface area contributed by atoms with Crippen LogP contribution in [-0.4, -0.2) is 16.8 Å². The molecule has 0 amide bonds. The number of benzene rings is 2. The lowest BCUT2D eigenvalue weighted by molar-refractivity contribution is 0.197. The van der Waals surface area contributed by atoms with Gasteiger partial charge in [-0.3, -0.25) is 4.79 Å². The maximum Gasteiger partial charge on any atom is 0.196 e. The summed E-state index contributed by atoms with van der Waals surface area (Å²) in [5.74, 6) is 0.458. The van der Waals surface area contributed by atoms with Gasteiger partial charge in [-0.05, 0) is 55.3 Å². The van der Waals surface area contributed by atoms with E-state index in [0.29, 0.717) is 16.5 Å². The molecule has 0 fully saturated rings. The van der Waals surface area contributed by atoms with Crippen molar-refractivity contribution in [3.05, 3.63) is 87.5 Å². The minimum atomic E-state index is -0.919. The molecule has 0 bridgehead atoms. The molecule has 0 aliphatic rings. The van der Waals surface area contributed by atoms with Crippen molar-refractivity contribution in [3.8, 4) is 16.2 Å². The second-order valence-corrected chi connectivity index (χ2v) is 8.27. The predicted molar refractivity (Wildman–Crippen MR) is 119 cm³/mol. The number of aromatic nitrogens is 1. The molecule has 6 heteroatoms. The number of aliphatic hydroxyl groups is 1. The van der Waals surface area contributed by atoms with Gasteiger partial charge in [0, 0.05) is 22.2 Å². The number of halogens is 1. The Hall–Kier alpha value is -2.96. The van der Waals surface area contributed by atoms with E-state index in [0.717, 1.165) is 26.6 Å². The molecule has 4 rings (SSSR count). The first-order valence-corrected chi connectivity index (χ1v) is 10.4. The van der Waals surface area contributed by atoms with Gasteiger partial charge in [-0.2, -0.15) is 0 Å². The number of hydrogen-bond donors (Lipinski definition) is 1. The average Bonchev–Trinajstić information content (AvgIpc) is 3.09. The van der Waals surface area contributed by atoms with E-state index in [-0.39, 0.29) is 17.8 Å². The van der Waals surface area contributed by atoms with Crippen molar-refractivity contribution in [2.75, 3.05) is 7.11 Å². The second-order valence-electron chi connectivity index (χ2n) is 7.27. The highest BCUT2D eigenvalue weighted by molar-refractivity contribution is 7.22. The smallest absolute Gasteiger partial charge is 0.196 e. The molecule has 2 aromatic heterocycles. The van der Waals surface area contributed by atoms with Gasteiger partial charge in [0.05, 0.1) is 25.1 Å². The van der Waals surface area contributed by atoms with Gasteiger partial charge in [0.25, 0.3) is 0 Å². The summed E-state index contributed by atoms with van der Waals surface area (Å²) < 4.78 is 21.4. The van der Waals surface area contributed by atoms with E-state index in [2.05, 4.69) is 0 Å². The highest BCUT2D eigenvalue weighted by Crippen LogP contribution is 2.38. The Morgan fingerprint density at radius 3 is 2.50 bits per heavy atom. The lowest BCUT2D eigenvalue weighted by atomic mass is 10.0. The monoisotopic (exact) mass is 423 g/mol. The minimum absolute atomic E-state index is 0.182. The van der Waals surface area contributed by atoms with Crippen molar-refractivity contribution in [1.29, 1.82) is 0 Å². The van der Waals surface area contributed by atoms with Gasteiger partial charge in [0.15, 0.2) is 5.43 Å². The summed E-state index contributed by atoms with van der Waals surface area (Å²) in [5, 5.41) is 10.8. The van der Waals surface area contributed by atoms with E-state index in [4.69, 9.17) is 4.74 Å². The molecule has 1 N–H and O–H groups in total. The highest BCUT2D eigenvalue weighted by Gasteiger charge is 2.20. The van der Waals surface area contributed by atoms with Crippen LogP contribution in [0, 0.1) is 12.7 Å². The molecule has 0 saturated carbocycles. The normalized spacial score (nSPS) is 12.3. The van der Waals surface area contributed by atoms with Gasteiger partial charge in [0.2, 0.25) is 0 Å². The summed E-state index contributed by atoms with van der Waals surface area (Å²) in [6.45, 7) is 3.76. The van der Waals surface area contributed by atoms with Crippen molar-refractivity contribution in [2.24, 2.45) is 0 Å². The Morgan fingerprint density at radius 2 is 1.87 bits per heavy atom. The van der Waals surface area contributed by atoms with Crippen molar-refractivity contribution < 1.29 is 14.2 Å².